The largest absolute Gasteiger partial charge is 0.489 e. The predicted molar refractivity (Wildman–Crippen MR) is 79.8 cm³/mol. The number of amides is 1. The monoisotopic (exact) mass is 335 g/mol. The highest BCUT2D eigenvalue weighted by Gasteiger charge is 2.07. The minimum absolute atomic E-state index is 0.0753. The Morgan fingerprint density at radius 2 is 2.05 bits per heavy atom. The minimum Gasteiger partial charge on any atom is -0.489 e. The van der Waals surface area contributed by atoms with Crippen molar-refractivity contribution in [3.8, 4) is 18.1 Å². The van der Waals surface area contributed by atoms with Crippen LogP contribution >= 0.6 is 23.2 Å². The number of carbonyl (C=O) groups is 1. The molecule has 0 heterocycles. The molecule has 0 aliphatic carbocycles. The molecule has 21 heavy (non-hydrogen) atoms. The van der Waals surface area contributed by atoms with Crippen LogP contribution in [0.4, 0.5) is 4.79 Å². The van der Waals surface area contributed by atoms with Crippen LogP contribution < -0.4 is 10.5 Å². The molecule has 1 atom stereocenters. The number of hydrogen-bond acceptors (Lipinski definition) is 4. The van der Waals surface area contributed by atoms with Crippen LogP contribution in [-0.2, 0) is 4.74 Å². The number of terminal acetylenes is 1. The number of nitrogens with two attached hydrogens (primary N) is 1. The maximum atomic E-state index is 9.49. The summed E-state index contributed by atoms with van der Waals surface area (Å²) in [6, 6.07) is 4.86. The van der Waals surface area contributed by atoms with E-state index in [1.807, 2.05) is 0 Å². The smallest absolute Gasteiger partial charge is 0.402 e. The SMILES string of the molecule is C#CCOCC(O)COc1ccc(Cl)cc1Cl.NC(=O)O. The maximum absolute atomic E-state index is 9.49. The summed E-state index contributed by atoms with van der Waals surface area (Å²) in [5.41, 5.74) is 4.03. The Bertz CT molecular complexity index is 486. The van der Waals surface area contributed by atoms with Crippen LogP contribution in [0.25, 0.3) is 0 Å². The van der Waals surface area contributed by atoms with Crippen molar-refractivity contribution in [2.24, 2.45) is 5.73 Å². The molecule has 0 spiro atoms. The summed E-state index contributed by atoms with van der Waals surface area (Å²) in [4.78, 5) is 8.78. The number of halogens is 2. The van der Waals surface area contributed by atoms with Gasteiger partial charge >= 0.3 is 6.09 Å². The molecule has 8 heteroatoms. The lowest BCUT2D eigenvalue weighted by Crippen LogP contribution is -2.23. The van der Waals surface area contributed by atoms with E-state index in [1.165, 1.54) is 0 Å². The van der Waals surface area contributed by atoms with Crippen LogP contribution in [0.1, 0.15) is 0 Å². The predicted octanol–water partition coefficient (Wildman–Crippen LogP) is 2.01. The molecule has 0 aliphatic heterocycles. The molecule has 1 aromatic rings. The highest BCUT2D eigenvalue weighted by molar-refractivity contribution is 6.35. The van der Waals surface area contributed by atoms with Gasteiger partial charge in [0.1, 0.15) is 25.1 Å². The molecule has 6 nitrogen and oxygen atoms in total. The third kappa shape index (κ3) is 10.8. The number of carboxylic acid groups (broad SMARTS) is 1. The standard InChI is InChI=1S/C12H12Cl2O3.CH3NO2/c1-2-5-16-7-10(15)8-17-12-4-3-9(13)6-11(12)14;2-1(3)4/h1,3-4,6,10,15H,5,7-8H2;2H2,(H,3,4). The third-order valence-corrected chi connectivity index (χ3v) is 2.35. The fraction of sp³-hybridized carbons (Fsp3) is 0.308. The second kappa shape index (κ2) is 11.1. The number of ether oxygens (including phenoxy) is 2. The summed E-state index contributed by atoms with van der Waals surface area (Å²) in [7, 11) is 0. The van der Waals surface area contributed by atoms with Crippen molar-refractivity contribution in [1.29, 1.82) is 0 Å². The lowest BCUT2D eigenvalue weighted by Gasteiger charge is -2.12. The number of hydrogen-bond donors (Lipinski definition) is 3. The van der Waals surface area contributed by atoms with E-state index >= 15 is 0 Å². The average molecular weight is 336 g/mol. The molecule has 0 aliphatic rings. The van der Waals surface area contributed by atoms with Crippen molar-refractivity contribution in [2.75, 3.05) is 19.8 Å². The second-order valence-electron chi connectivity index (χ2n) is 3.60. The third-order valence-electron chi connectivity index (χ3n) is 1.82. The fourth-order valence-electron chi connectivity index (χ4n) is 1.08. The molecule has 1 rings (SSSR count). The van der Waals surface area contributed by atoms with Gasteiger partial charge in [-0.25, -0.2) is 4.79 Å². The van der Waals surface area contributed by atoms with E-state index in [-0.39, 0.29) is 19.8 Å². The maximum Gasteiger partial charge on any atom is 0.402 e. The van der Waals surface area contributed by atoms with E-state index in [4.69, 9.17) is 49.0 Å². The molecule has 0 bridgehead atoms. The average Bonchev–Trinajstić information content (AvgIpc) is 2.37. The van der Waals surface area contributed by atoms with Crippen LogP contribution in [0.2, 0.25) is 10.0 Å². The first-order valence-electron chi connectivity index (χ1n) is 5.62. The molecule has 0 fully saturated rings. The second-order valence-corrected chi connectivity index (χ2v) is 4.44. The molecule has 0 saturated carbocycles. The minimum atomic E-state index is -1.33. The van der Waals surface area contributed by atoms with Gasteiger partial charge in [0.15, 0.2) is 0 Å². The van der Waals surface area contributed by atoms with Crippen LogP contribution in [0, 0.1) is 12.3 Å². The molecule has 0 aromatic heterocycles. The molecule has 0 radical (unpaired) electrons. The number of primary amides is 1. The van der Waals surface area contributed by atoms with Gasteiger partial charge in [-0.1, -0.05) is 29.1 Å². The number of benzene rings is 1. The Hall–Kier alpha value is -1.65. The molecule has 4 N–H and O–H groups in total. The van der Waals surface area contributed by atoms with E-state index < -0.39 is 12.2 Å². The van der Waals surface area contributed by atoms with E-state index in [9.17, 15) is 5.11 Å². The Morgan fingerprint density at radius 3 is 2.57 bits per heavy atom. The van der Waals surface area contributed by atoms with E-state index in [0.29, 0.717) is 15.8 Å². The normalized spacial score (nSPS) is 10.8. The van der Waals surface area contributed by atoms with E-state index in [0.717, 1.165) is 0 Å². The summed E-state index contributed by atoms with van der Waals surface area (Å²) < 4.78 is 10.3. The molecule has 116 valence electrons. The summed E-state index contributed by atoms with van der Waals surface area (Å²) in [6.07, 6.45) is 2.91. The van der Waals surface area contributed by atoms with Gasteiger partial charge in [0.25, 0.3) is 0 Å². The van der Waals surface area contributed by atoms with Crippen molar-refractivity contribution in [1.82, 2.24) is 0 Å². The van der Waals surface area contributed by atoms with Crippen molar-refractivity contribution in [3.05, 3.63) is 28.2 Å². The highest BCUT2D eigenvalue weighted by atomic mass is 35.5. The first-order valence-corrected chi connectivity index (χ1v) is 6.38. The Balaban J connectivity index is 0.000000885. The zero-order chi connectivity index (χ0) is 16.3. The molecular weight excluding hydrogens is 321 g/mol. The van der Waals surface area contributed by atoms with Gasteiger partial charge in [0.05, 0.1) is 11.6 Å². The van der Waals surface area contributed by atoms with Crippen molar-refractivity contribution in [3.63, 3.8) is 0 Å². The van der Waals surface area contributed by atoms with Crippen molar-refractivity contribution < 1.29 is 24.5 Å². The number of aliphatic hydroxyl groups is 1. The zero-order valence-corrected chi connectivity index (χ0v) is 12.5. The van der Waals surface area contributed by atoms with Gasteiger partial charge in [-0.15, -0.1) is 6.42 Å². The molecule has 1 unspecified atom stereocenters. The van der Waals surface area contributed by atoms with E-state index in [2.05, 4.69) is 11.7 Å². The molecule has 1 aromatic carbocycles. The van der Waals surface area contributed by atoms with Crippen molar-refractivity contribution in [2.45, 2.75) is 6.10 Å². The topological polar surface area (TPSA) is 102 Å². The number of rotatable bonds is 6. The van der Waals surface area contributed by atoms with Crippen LogP contribution in [-0.4, -0.2) is 42.2 Å². The van der Waals surface area contributed by atoms with Gasteiger partial charge < -0.3 is 25.4 Å². The van der Waals surface area contributed by atoms with Gasteiger partial charge in [0.2, 0.25) is 0 Å². The summed E-state index contributed by atoms with van der Waals surface area (Å²) >= 11 is 11.6. The van der Waals surface area contributed by atoms with Crippen LogP contribution in [0.15, 0.2) is 18.2 Å². The highest BCUT2D eigenvalue weighted by Crippen LogP contribution is 2.27. The summed E-state index contributed by atoms with van der Waals surface area (Å²) in [5, 5.41) is 17.6. The van der Waals surface area contributed by atoms with E-state index in [1.54, 1.807) is 18.2 Å². The summed E-state index contributed by atoms with van der Waals surface area (Å²) in [6.45, 7) is 0.361. The molecular formula is C13H15Cl2NO5. The van der Waals surface area contributed by atoms with Gasteiger partial charge in [-0.3, -0.25) is 0 Å². The molecule has 0 saturated heterocycles. The lowest BCUT2D eigenvalue weighted by atomic mass is 10.3. The first kappa shape index (κ1) is 19.4. The Kier molecular flexibility index (Phi) is 10.2. The quantitative estimate of drug-likeness (QED) is 0.545. The van der Waals surface area contributed by atoms with Crippen molar-refractivity contribution >= 4 is 29.3 Å². The van der Waals surface area contributed by atoms with Gasteiger partial charge in [-0.2, -0.15) is 0 Å². The Labute approximate surface area is 132 Å². The lowest BCUT2D eigenvalue weighted by molar-refractivity contribution is 0.0229. The Morgan fingerprint density at radius 1 is 1.43 bits per heavy atom. The van der Waals surface area contributed by atoms with Gasteiger partial charge in [0, 0.05) is 5.02 Å². The first-order chi connectivity index (χ1) is 9.86. The molecule has 1 amide bonds. The zero-order valence-electron chi connectivity index (χ0n) is 11.0. The van der Waals surface area contributed by atoms with Crippen LogP contribution in [0.5, 0.6) is 5.75 Å². The number of aliphatic hydroxyl groups excluding tert-OH is 1. The van der Waals surface area contributed by atoms with Gasteiger partial charge in [-0.05, 0) is 18.2 Å². The van der Waals surface area contributed by atoms with Crippen LogP contribution in [0.3, 0.4) is 0 Å². The summed E-state index contributed by atoms with van der Waals surface area (Å²) in [5.74, 6) is 2.77. The fourth-order valence-corrected chi connectivity index (χ4v) is 1.54.